The van der Waals surface area contributed by atoms with Gasteiger partial charge in [-0.25, -0.2) is 0 Å². The molecule has 3 nitrogen and oxygen atoms in total. The van der Waals surface area contributed by atoms with Crippen LogP contribution in [0.1, 0.15) is 31.2 Å². The molecule has 1 aromatic rings. The van der Waals surface area contributed by atoms with Crippen molar-refractivity contribution in [3.8, 4) is 0 Å². The van der Waals surface area contributed by atoms with Gasteiger partial charge in [-0.3, -0.25) is 4.98 Å². The van der Waals surface area contributed by atoms with Gasteiger partial charge in [0, 0.05) is 19.0 Å². The summed E-state index contributed by atoms with van der Waals surface area (Å²) in [4.78, 5) is 4.07. The Morgan fingerprint density at radius 3 is 3.24 bits per heavy atom. The van der Waals surface area contributed by atoms with Crippen molar-refractivity contribution in [2.75, 3.05) is 19.7 Å². The van der Waals surface area contributed by atoms with Crippen molar-refractivity contribution >= 4 is 0 Å². The smallest absolute Gasteiger partial charge is 0.0731 e. The average Bonchev–Trinajstić information content (AvgIpc) is 2.41. The number of hydrogen-bond acceptors (Lipinski definition) is 3. The standard InChI is InChI=1S/C14H22N2O/c1-4-13(10-15-7-1)6-3-9-17-12-14-5-2-8-16-11-14/h2,5,8,11,13,15H,1,3-4,6-7,9-10,12H2/t13-/m0/s1. The molecule has 0 bridgehead atoms. The molecule has 0 amide bonds. The molecule has 0 aromatic carbocycles. The van der Waals surface area contributed by atoms with Gasteiger partial charge in [-0.05, 0) is 56.3 Å². The summed E-state index contributed by atoms with van der Waals surface area (Å²) in [7, 11) is 0. The second-order valence-electron chi connectivity index (χ2n) is 4.77. The quantitative estimate of drug-likeness (QED) is 0.767. The van der Waals surface area contributed by atoms with Crippen LogP contribution in [0, 0.1) is 5.92 Å². The highest BCUT2D eigenvalue weighted by atomic mass is 16.5. The molecule has 2 rings (SSSR count). The summed E-state index contributed by atoms with van der Waals surface area (Å²) in [5, 5.41) is 3.45. The van der Waals surface area contributed by atoms with Gasteiger partial charge < -0.3 is 10.1 Å². The monoisotopic (exact) mass is 234 g/mol. The predicted octanol–water partition coefficient (Wildman–Crippen LogP) is 2.38. The Balaban J connectivity index is 1.51. The molecule has 0 saturated carbocycles. The predicted molar refractivity (Wildman–Crippen MR) is 68.7 cm³/mol. The number of nitrogens with one attached hydrogen (secondary N) is 1. The number of pyridine rings is 1. The highest BCUT2D eigenvalue weighted by molar-refractivity contribution is 5.06. The van der Waals surface area contributed by atoms with Crippen LogP contribution in [0.2, 0.25) is 0 Å². The number of rotatable bonds is 6. The van der Waals surface area contributed by atoms with E-state index in [-0.39, 0.29) is 0 Å². The van der Waals surface area contributed by atoms with Crippen LogP contribution in [-0.2, 0) is 11.3 Å². The molecular formula is C14H22N2O. The van der Waals surface area contributed by atoms with Crippen LogP contribution < -0.4 is 5.32 Å². The highest BCUT2D eigenvalue weighted by Gasteiger charge is 2.11. The second kappa shape index (κ2) is 7.41. The maximum absolute atomic E-state index is 5.65. The van der Waals surface area contributed by atoms with Crippen molar-refractivity contribution in [2.45, 2.75) is 32.3 Å². The third-order valence-corrected chi connectivity index (χ3v) is 3.29. The van der Waals surface area contributed by atoms with E-state index in [9.17, 15) is 0 Å². The van der Waals surface area contributed by atoms with Gasteiger partial charge in [0.05, 0.1) is 6.61 Å². The summed E-state index contributed by atoms with van der Waals surface area (Å²) in [5.74, 6) is 0.866. The molecule has 1 atom stereocenters. The van der Waals surface area contributed by atoms with Crippen LogP contribution in [0.3, 0.4) is 0 Å². The highest BCUT2D eigenvalue weighted by Crippen LogP contribution is 2.15. The third-order valence-electron chi connectivity index (χ3n) is 3.29. The first-order valence-electron chi connectivity index (χ1n) is 6.62. The zero-order valence-electron chi connectivity index (χ0n) is 10.4. The van der Waals surface area contributed by atoms with Crippen molar-refractivity contribution in [1.82, 2.24) is 10.3 Å². The summed E-state index contributed by atoms with van der Waals surface area (Å²) in [6, 6.07) is 4.00. The third kappa shape index (κ3) is 4.84. The van der Waals surface area contributed by atoms with Crippen LogP contribution in [-0.4, -0.2) is 24.7 Å². The molecule has 1 fully saturated rings. The molecule has 1 saturated heterocycles. The zero-order chi connectivity index (χ0) is 11.8. The Kier molecular flexibility index (Phi) is 5.46. The van der Waals surface area contributed by atoms with Crippen LogP contribution in [0.25, 0.3) is 0 Å². The maximum atomic E-state index is 5.65. The molecule has 0 aliphatic carbocycles. The SMILES string of the molecule is c1cncc(COCCC[C@@H]2CCCNC2)c1. The van der Waals surface area contributed by atoms with Gasteiger partial charge in [0.1, 0.15) is 0 Å². The Bertz CT molecular complexity index is 296. The summed E-state index contributed by atoms with van der Waals surface area (Å²) in [5.41, 5.74) is 1.16. The summed E-state index contributed by atoms with van der Waals surface area (Å²) < 4.78 is 5.65. The minimum atomic E-state index is 0.691. The lowest BCUT2D eigenvalue weighted by atomic mass is 9.95. The Morgan fingerprint density at radius 1 is 1.47 bits per heavy atom. The van der Waals surface area contributed by atoms with E-state index in [1.54, 1.807) is 6.20 Å². The zero-order valence-corrected chi connectivity index (χ0v) is 10.4. The first kappa shape index (κ1) is 12.5. The lowest BCUT2D eigenvalue weighted by molar-refractivity contribution is 0.112. The molecule has 94 valence electrons. The molecular weight excluding hydrogens is 212 g/mol. The van der Waals surface area contributed by atoms with Crippen LogP contribution in [0.4, 0.5) is 0 Å². The molecule has 0 radical (unpaired) electrons. The fraction of sp³-hybridized carbons (Fsp3) is 0.643. The summed E-state index contributed by atoms with van der Waals surface area (Å²) in [6.07, 6.45) is 8.84. The van der Waals surface area contributed by atoms with E-state index in [2.05, 4.69) is 16.4 Å². The molecule has 0 unspecified atom stereocenters. The van der Waals surface area contributed by atoms with E-state index in [0.29, 0.717) is 6.61 Å². The van der Waals surface area contributed by atoms with Crippen molar-refractivity contribution < 1.29 is 4.74 Å². The molecule has 1 aliphatic rings. The van der Waals surface area contributed by atoms with Gasteiger partial charge in [0.2, 0.25) is 0 Å². The van der Waals surface area contributed by atoms with Crippen molar-refractivity contribution in [1.29, 1.82) is 0 Å². The number of ether oxygens (including phenoxy) is 1. The molecule has 3 heteroatoms. The Hall–Kier alpha value is -0.930. The maximum Gasteiger partial charge on any atom is 0.0731 e. The summed E-state index contributed by atoms with van der Waals surface area (Å²) >= 11 is 0. The molecule has 0 spiro atoms. The number of hydrogen-bond donors (Lipinski definition) is 1. The number of aromatic nitrogens is 1. The van der Waals surface area contributed by atoms with Crippen molar-refractivity contribution in [2.24, 2.45) is 5.92 Å². The van der Waals surface area contributed by atoms with Crippen molar-refractivity contribution in [3.05, 3.63) is 30.1 Å². The first-order valence-corrected chi connectivity index (χ1v) is 6.62. The van der Waals surface area contributed by atoms with Gasteiger partial charge in [-0.15, -0.1) is 0 Å². The first-order chi connectivity index (χ1) is 8.45. The van der Waals surface area contributed by atoms with Crippen LogP contribution >= 0.6 is 0 Å². The van der Waals surface area contributed by atoms with E-state index in [0.717, 1.165) is 18.1 Å². The summed E-state index contributed by atoms with van der Waals surface area (Å²) in [6.45, 7) is 3.96. The molecule has 17 heavy (non-hydrogen) atoms. The minimum Gasteiger partial charge on any atom is -0.377 e. The molecule has 1 aliphatic heterocycles. The van der Waals surface area contributed by atoms with E-state index in [1.807, 2.05) is 12.3 Å². The van der Waals surface area contributed by atoms with Gasteiger partial charge >= 0.3 is 0 Å². The fourth-order valence-electron chi connectivity index (χ4n) is 2.32. The van der Waals surface area contributed by atoms with Gasteiger partial charge in [0.25, 0.3) is 0 Å². The molecule has 1 aromatic heterocycles. The van der Waals surface area contributed by atoms with E-state index in [1.165, 1.54) is 38.8 Å². The van der Waals surface area contributed by atoms with E-state index in [4.69, 9.17) is 4.74 Å². The van der Waals surface area contributed by atoms with Gasteiger partial charge in [-0.2, -0.15) is 0 Å². The van der Waals surface area contributed by atoms with E-state index >= 15 is 0 Å². The number of piperidine rings is 1. The van der Waals surface area contributed by atoms with Gasteiger partial charge in [-0.1, -0.05) is 6.07 Å². The van der Waals surface area contributed by atoms with Crippen LogP contribution in [0.15, 0.2) is 24.5 Å². The average molecular weight is 234 g/mol. The largest absolute Gasteiger partial charge is 0.377 e. The molecule has 1 N–H and O–H groups in total. The second-order valence-corrected chi connectivity index (χ2v) is 4.77. The normalized spacial score (nSPS) is 20.4. The fourth-order valence-corrected chi connectivity index (χ4v) is 2.32. The lowest BCUT2D eigenvalue weighted by Gasteiger charge is -2.22. The van der Waals surface area contributed by atoms with Crippen LogP contribution in [0.5, 0.6) is 0 Å². The lowest BCUT2D eigenvalue weighted by Crippen LogP contribution is -2.29. The Morgan fingerprint density at radius 2 is 2.47 bits per heavy atom. The molecule has 2 heterocycles. The van der Waals surface area contributed by atoms with E-state index < -0.39 is 0 Å². The number of nitrogens with zero attached hydrogens (tertiary/aromatic N) is 1. The Labute approximate surface area is 104 Å². The topological polar surface area (TPSA) is 34.1 Å². The van der Waals surface area contributed by atoms with Crippen molar-refractivity contribution in [3.63, 3.8) is 0 Å². The van der Waals surface area contributed by atoms with Gasteiger partial charge in [0.15, 0.2) is 0 Å². The minimum absolute atomic E-state index is 0.691.